The Morgan fingerprint density at radius 3 is 2.37 bits per heavy atom. The minimum absolute atomic E-state index is 0.0762. The standard InChI is InChI=1S/C24H27N7O4/c1-6-11-30-20(32)16-15(27(3)23(34)25-17(16)14-9-7-13(2)8-10-14)12-31-18-19(26-22(30)31)28(4)24(35)29(5)21(18)33/h7-10,17H,6,11-12H2,1-5H3,(H,25,34). The molecule has 3 amide bonds. The third-order valence-corrected chi connectivity index (χ3v) is 6.79. The summed E-state index contributed by atoms with van der Waals surface area (Å²) in [5.41, 5.74) is 2.17. The number of nitrogens with one attached hydrogen (secondary N) is 1. The number of likely N-dealkylation sites (N-methyl/N-ethyl adjacent to an activating group) is 1. The van der Waals surface area contributed by atoms with Gasteiger partial charge in [-0.25, -0.2) is 9.59 Å². The van der Waals surface area contributed by atoms with Gasteiger partial charge in [-0.1, -0.05) is 36.8 Å². The Kier molecular flexibility index (Phi) is 5.15. The summed E-state index contributed by atoms with van der Waals surface area (Å²) in [6.45, 7) is 4.35. The molecule has 0 aliphatic carbocycles. The molecule has 1 aromatic carbocycles. The van der Waals surface area contributed by atoms with Crippen molar-refractivity contribution in [3.05, 3.63) is 67.5 Å². The number of benzene rings is 1. The molecule has 35 heavy (non-hydrogen) atoms. The fourth-order valence-corrected chi connectivity index (χ4v) is 4.81. The van der Waals surface area contributed by atoms with Gasteiger partial charge in [0.1, 0.15) is 0 Å². The van der Waals surface area contributed by atoms with Crippen LogP contribution in [0, 0.1) is 6.92 Å². The van der Waals surface area contributed by atoms with Crippen LogP contribution >= 0.6 is 0 Å². The molecule has 1 N–H and O–H groups in total. The Labute approximate surface area is 200 Å². The average molecular weight is 478 g/mol. The van der Waals surface area contributed by atoms with Crippen molar-refractivity contribution in [1.82, 2.24) is 28.9 Å². The van der Waals surface area contributed by atoms with Crippen LogP contribution in [-0.2, 0) is 25.4 Å². The molecule has 0 radical (unpaired) electrons. The molecule has 0 fully saturated rings. The molecule has 11 nitrogen and oxygen atoms in total. The highest BCUT2D eigenvalue weighted by atomic mass is 16.2. The molecule has 0 saturated heterocycles. The summed E-state index contributed by atoms with van der Waals surface area (Å²) >= 11 is 0. The molecule has 1 unspecified atom stereocenters. The molecule has 3 aromatic rings. The van der Waals surface area contributed by atoms with Crippen LogP contribution in [0.2, 0.25) is 0 Å². The number of anilines is 1. The van der Waals surface area contributed by atoms with Crippen LogP contribution in [0.5, 0.6) is 0 Å². The van der Waals surface area contributed by atoms with E-state index in [0.29, 0.717) is 24.2 Å². The molecule has 4 heterocycles. The van der Waals surface area contributed by atoms with Crippen LogP contribution in [0.1, 0.15) is 30.5 Å². The second-order valence-corrected chi connectivity index (χ2v) is 9.05. The monoisotopic (exact) mass is 477 g/mol. The highest BCUT2D eigenvalue weighted by Gasteiger charge is 2.42. The first-order chi connectivity index (χ1) is 16.6. The van der Waals surface area contributed by atoms with Gasteiger partial charge in [0.2, 0.25) is 5.95 Å². The number of amides is 3. The predicted molar refractivity (Wildman–Crippen MR) is 130 cm³/mol. The van der Waals surface area contributed by atoms with Crippen molar-refractivity contribution in [2.75, 3.05) is 18.5 Å². The number of urea groups is 1. The number of aryl methyl sites for hydroxylation is 2. The fraction of sp³-hybridized carbons (Fsp3) is 0.375. The van der Waals surface area contributed by atoms with Crippen LogP contribution in [-0.4, -0.2) is 49.1 Å². The third-order valence-electron chi connectivity index (χ3n) is 6.79. The first kappa shape index (κ1) is 22.6. The Bertz CT molecular complexity index is 1540. The van der Waals surface area contributed by atoms with Crippen LogP contribution < -0.4 is 21.5 Å². The third kappa shape index (κ3) is 3.22. The lowest BCUT2D eigenvalue weighted by atomic mass is 9.93. The van der Waals surface area contributed by atoms with Crippen LogP contribution in [0.4, 0.5) is 10.7 Å². The Balaban J connectivity index is 1.82. The number of rotatable bonds is 3. The van der Waals surface area contributed by atoms with E-state index in [9.17, 15) is 19.2 Å². The predicted octanol–water partition coefficient (Wildman–Crippen LogP) is 1.15. The number of hydrogen-bond donors (Lipinski definition) is 1. The van der Waals surface area contributed by atoms with Crippen LogP contribution in [0.15, 0.2) is 45.1 Å². The summed E-state index contributed by atoms with van der Waals surface area (Å²) in [7, 11) is 4.56. The van der Waals surface area contributed by atoms with E-state index in [1.54, 1.807) is 23.6 Å². The summed E-state index contributed by atoms with van der Waals surface area (Å²) in [6, 6.07) is 6.68. The number of imidazole rings is 1. The SMILES string of the molecule is CCCN1C(=O)C2=C(Cn3c1nc1c3c(=O)n(C)c(=O)n1C)N(C)C(=O)NC2c1ccc(C)cc1. The zero-order valence-corrected chi connectivity index (χ0v) is 20.3. The molecule has 0 saturated carbocycles. The Morgan fingerprint density at radius 2 is 1.71 bits per heavy atom. The van der Waals surface area contributed by atoms with Gasteiger partial charge in [-0.3, -0.25) is 33.1 Å². The van der Waals surface area contributed by atoms with Gasteiger partial charge in [-0.2, -0.15) is 4.98 Å². The van der Waals surface area contributed by atoms with Crippen molar-refractivity contribution in [3.63, 3.8) is 0 Å². The molecule has 2 aliphatic rings. The Morgan fingerprint density at radius 1 is 1.03 bits per heavy atom. The van der Waals surface area contributed by atoms with Crippen molar-refractivity contribution in [1.29, 1.82) is 0 Å². The van der Waals surface area contributed by atoms with E-state index in [1.165, 1.54) is 16.5 Å². The van der Waals surface area contributed by atoms with Crippen molar-refractivity contribution in [2.24, 2.45) is 14.1 Å². The fourth-order valence-electron chi connectivity index (χ4n) is 4.81. The van der Waals surface area contributed by atoms with Crippen molar-refractivity contribution < 1.29 is 9.59 Å². The zero-order valence-electron chi connectivity index (χ0n) is 20.3. The quantitative estimate of drug-likeness (QED) is 0.608. The molecule has 0 spiro atoms. The molecule has 5 rings (SSSR count). The van der Waals surface area contributed by atoms with Gasteiger partial charge in [0.05, 0.1) is 23.9 Å². The smallest absolute Gasteiger partial charge is 0.327 e. The summed E-state index contributed by atoms with van der Waals surface area (Å²) in [6.07, 6.45) is 0.645. The molecule has 1 atom stereocenters. The average Bonchev–Trinajstić information content (AvgIpc) is 3.16. The van der Waals surface area contributed by atoms with Gasteiger partial charge in [-0.15, -0.1) is 0 Å². The maximum Gasteiger partial charge on any atom is 0.332 e. The maximum atomic E-state index is 14.1. The minimum Gasteiger partial charge on any atom is -0.327 e. The highest BCUT2D eigenvalue weighted by Crippen LogP contribution is 2.37. The van der Waals surface area contributed by atoms with E-state index in [1.807, 2.05) is 38.1 Å². The number of nitrogens with zero attached hydrogens (tertiary/aromatic N) is 6. The summed E-state index contributed by atoms with van der Waals surface area (Å²) in [4.78, 5) is 60.4. The van der Waals surface area contributed by atoms with Gasteiger partial charge >= 0.3 is 11.7 Å². The molecular weight excluding hydrogens is 450 g/mol. The van der Waals surface area contributed by atoms with Crippen LogP contribution in [0.3, 0.4) is 0 Å². The lowest BCUT2D eigenvalue weighted by Crippen LogP contribution is -2.48. The normalized spacial score (nSPS) is 18.0. The maximum absolute atomic E-state index is 14.1. The van der Waals surface area contributed by atoms with Crippen LogP contribution in [0.25, 0.3) is 11.2 Å². The molecule has 0 bridgehead atoms. The van der Waals surface area contributed by atoms with E-state index in [2.05, 4.69) is 10.3 Å². The van der Waals surface area contributed by atoms with Gasteiger partial charge in [-0.05, 0) is 18.9 Å². The van der Waals surface area contributed by atoms with Crippen molar-refractivity contribution >= 4 is 29.1 Å². The minimum atomic E-state index is -0.649. The lowest BCUT2D eigenvalue weighted by Gasteiger charge is -2.35. The summed E-state index contributed by atoms with van der Waals surface area (Å²) < 4.78 is 3.97. The second-order valence-electron chi connectivity index (χ2n) is 9.05. The topological polar surface area (TPSA) is 114 Å². The first-order valence-corrected chi connectivity index (χ1v) is 11.5. The second kappa shape index (κ2) is 7.97. The van der Waals surface area contributed by atoms with Gasteiger partial charge in [0.15, 0.2) is 11.2 Å². The van der Waals surface area contributed by atoms with E-state index in [-0.39, 0.29) is 35.6 Å². The number of aromatic nitrogens is 4. The molecule has 2 aliphatic heterocycles. The van der Waals surface area contributed by atoms with E-state index < -0.39 is 17.3 Å². The number of hydrogen-bond acceptors (Lipinski definition) is 5. The number of carbonyl (C=O) groups excluding carboxylic acids is 2. The number of fused-ring (bicyclic) bond motifs is 3. The van der Waals surface area contributed by atoms with E-state index in [4.69, 9.17) is 0 Å². The van der Waals surface area contributed by atoms with Crippen molar-refractivity contribution in [3.8, 4) is 0 Å². The van der Waals surface area contributed by atoms with E-state index in [0.717, 1.165) is 15.7 Å². The van der Waals surface area contributed by atoms with Gasteiger partial charge < -0.3 is 5.32 Å². The number of allylic oxidation sites excluding steroid dienone is 1. The zero-order chi connectivity index (χ0) is 25.2. The molecule has 2 aromatic heterocycles. The van der Waals surface area contributed by atoms with E-state index >= 15 is 0 Å². The summed E-state index contributed by atoms with van der Waals surface area (Å²) in [5, 5.41) is 2.96. The van der Waals surface area contributed by atoms with Crippen molar-refractivity contribution in [2.45, 2.75) is 32.9 Å². The Hall–Kier alpha value is -4.15. The van der Waals surface area contributed by atoms with Gasteiger partial charge in [0, 0.05) is 27.7 Å². The number of carbonyl (C=O) groups is 2. The lowest BCUT2D eigenvalue weighted by molar-refractivity contribution is -0.115. The van der Waals surface area contributed by atoms with Gasteiger partial charge in [0.25, 0.3) is 11.5 Å². The molecular formula is C24H27N7O4. The highest BCUT2D eigenvalue weighted by molar-refractivity contribution is 6.08. The molecule has 11 heteroatoms. The molecule has 182 valence electrons. The largest absolute Gasteiger partial charge is 0.332 e. The summed E-state index contributed by atoms with van der Waals surface area (Å²) in [5.74, 6) is -0.0155. The first-order valence-electron chi connectivity index (χ1n) is 11.5.